The largest absolute Gasteiger partial charge is 0.306 e. The molecule has 3 heterocycles. The summed E-state index contributed by atoms with van der Waals surface area (Å²) in [4.78, 5) is 43.5. The molecule has 2 aromatic carbocycles. The standard InChI is InChI=1S/C22H15ClN8O4/c1-12-9-18(25-20(32)15-7-2-3-8-17(15)31(34)35)30(28-12)22-26-19-16(21(33)27-22)11-24-29(19)14-6-4-5-13(23)10-14/h2-11H,1H3,(H,25,32)(H,26,27,33). The molecule has 0 unspecified atom stereocenters. The number of amides is 1. The van der Waals surface area contributed by atoms with E-state index in [1.54, 1.807) is 37.3 Å². The van der Waals surface area contributed by atoms with Gasteiger partial charge in [0.25, 0.3) is 17.2 Å². The van der Waals surface area contributed by atoms with Crippen LogP contribution in [0.5, 0.6) is 0 Å². The van der Waals surface area contributed by atoms with Crippen LogP contribution in [-0.4, -0.2) is 40.4 Å². The summed E-state index contributed by atoms with van der Waals surface area (Å²) in [6, 6.07) is 14.0. The van der Waals surface area contributed by atoms with Crippen molar-refractivity contribution in [1.82, 2.24) is 29.5 Å². The fourth-order valence-electron chi connectivity index (χ4n) is 3.56. The number of hydrogen-bond acceptors (Lipinski definition) is 7. The van der Waals surface area contributed by atoms with Crippen LogP contribution in [0.4, 0.5) is 11.5 Å². The van der Waals surface area contributed by atoms with Gasteiger partial charge in [0.05, 0.1) is 22.5 Å². The molecular formula is C22H15ClN8O4. The maximum Gasteiger partial charge on any atom is 0.282 e. The van der Waals surface area contributed by atoms with E-state index in [2.05, 4.69) is 25.5 Å². The number of halogens is 1. The fraction of sp³-hybridized carbons (Fsp3) is 0.0455. The third-order valence-corrected chi connectivity index (χ3v) is 5.33. The number of nitro benzene ring substituents is 1. The van der Waals surface area contributed by atoms with Gasteiger partial charge in [0, 0.05) is 17.2 Å². The Morgan fingerprint density at radius 3 is 2.71 bits per heavy atom. The van der Waals surface area contributed by atoms with Gasteiger partial charge in [-0.25, -0.2) is 4.68 Å². The molecule has 2 N–H and O–H groups in total. The first-order valence-electron chi connectivity index (χ1n) is 10.2. The van der Waals surface area contributed by atoms with E-state index in [4.69, 9.17) is 11.6 Å². The van der Waals surface area contributed by atoms with Crippen LogP contribution in [0.2, 0.25) is 5.02 Å². The number of carbonyl (C=O) groups is 1. The van der Waals surface area contributed by atoms with Crippen molar-refractivity contribution in [3.63, 3.8) is 0 Å². The van der Waals surface area contributed by atoms with Crippen molar-refractivity contribution in [1.29, 1.82) is 0 Å². The van der Waals surface area contributed by atoms with E-state index in [0.717, 1.165) is 0 Å². The number of aryl methyl sites for hydroxylation is 1. The summed E-state index contributed by atoms with van der Waals surface area (Å²) in [6.45, 7) is 1.68. The highest BCUT2D eigenvalue weighted by atomic mass is 35.5. The molecule has 5 aromatic rings. The number of rotatable bonds is 5. The van der Waals surface area contributed by atoms with E-state index >= 15 is 0 Å². The molecule has 5 rings (SSSR count). The maximum absolute atomic E-state index is 12.9. The van der Waals surface area contributed by atoms with Gasteiger partial charge in [0.15, 0.2) is 5.65 Å². The summed E-state index contributed by atoms with van der Waals surface area (Å²) in [7, 11) is 0. The van der Waals surface area contributed by atoms with Gasteiger partial charge in [-0.15, -0.1) is 0 Å². The molecule has 12 nitrogen and oxygen atoms in total. The average Bonchev–Trinajstić information content (AvgIpc) is 3.42. The minimum atomic E-state index is -0.717. The highest BCUT2D eigenvalue weighted by Crippen LogP contribution is 2.22. The van der Waals surface area contributed by atoms with Crippen LogP contribution in [0.1, 0.15) is 16.1 Å². The van der Waals surface area contributed by atoms with Crippen molar-refractivity contribution in [2.75, 3.05) is 5.32 Å². The SMILES string of the molecule is Cc1cc(NC(=O)c2ccccc2[N+](=O)[O-])n(-c2nc3c(cnn3-c3cccc(Cl)c3)c(=O)[nH]2)n1. The van der Waals surface area contributed by atoms with Gasteiger partial charge < -0.3 is 5.32 Å². The van der Waals surface area contributed by atoms with Crippen LogP contribution in [0.15, 0.2) is 65.6 Å². The van der Waals surface area contributed by atoms with Crippen LogP contribution in [0.25, 0.3) is 22.7 Å². The molecule has 0 radical (unpaired) electrons. The highest BCUT2D eigenvalue weighted by molar-refractivity contribution is 6.30. The molecule has 0 aliphatic rings. The first-order valence-corrected chi connectivity index (χ1v) is 10.6. The molecule has 0 saturated carbocycles. The molecule has 0 atom stereocenters. The summed E-state index contributed by atoms with van der Waals surface area (Å²) in [5.41, 5.74) is 0.412. The van der Waals surface area contributed by atoms with Gasteiger partial charge in [-0.2, -0.15) is 19.9 Å². The van der Waals surface area contributed by atoms with Crippen LogP contribution in [-0.2, 0) is 0 Å². The second-order valence-electron chi connectivity index (χ2n) is 7.47. The first kappa shape index (κ1) is 22.0. The third kappa shape index (κ3) is 4.02. The predicted octanol–water partition coefficient (Wildman–Crippen LogP) is 3.42. The van der Waals surface area contributed by atoms with Gasteiger partial charge in [-0.1, -0.05) is 29.8 Å². The molecule has 35 heavy (non-hydrogen) atoms. The number of nitrogens with zero attached hydrogens (tertiary/aromatic N) is 6. The Kier molecular flexibility index (Phi) is 5.34. The summed E-state index contributed by atoms with van der Waals surface area (Å²) >= 11 is 6.10. The number of benzene rings is 2. The molecule has 0 fully saturated rings. The zero-order chi connectivity index (χ0) is 24.7. The Morgan fingerprint density at radius 2 is 1.94 bits per heavy atom. The van der Waals surface area contributed by atoms with Crippen molar-refractivity contribution >= 4 is 40.0 Å². The lowest BCUT2D eigenvalue weighted by molar-refractivity contribution is -0.385. The molecule has 13 heteroatoms. The van der Waals surface area contributed by atoms with Gasteiger partial charge >= 0.3 is 0 Å². The number of nitro groups is 1. The second kappa shape index (κ2) is 8.50. The number of anilines is 1. The van der Waals surface area contributed by atoms with E-state index in [1.165, 1.54) is 39.8 Å². The van der Waals surface area contributed by atoms with Gasteiger partial charge in [-0.3, -0.25) is 24.7 Å². The monoisotopic (exact) mass is 490 g/mol. The third-order valence-electron chi connectivity index (χ3n) is 5.10. The molecule has 0 aliphatic heterocycles. The molecule has 1 amide bonds. The molecule has 3 aromatic heterocycles. The minimum Gasteiger partial charge on any atom is -0.306 e. The number of para-hydroxylation sites is 1. The van der Waals surface area contributed by atoms with Crippen LogP contribution < -0.4 is 10.9 Å². The zero-order valence-corrected chi connectivity index (χ0v) is 18.7. The zero-order valence-electron chi connectivity index (χ0n) is 18.0. The van der Waals surface area contributed by atoms with E-state index < -0.39 is 16.4 Å². The molecule has 174 valence electrons. The number of nitrogens with one attached hydrogen (secondary N) is 2. The Bertz CT molecular complexity index is 1690. The Labute approximate surface area is 200 Å². The Hall–Kier alpha value is -4.84. The molecule has 0 spiro atoms. The van der Waals surface area contributed by atoms with Crippen molar-refractivity contribution in [2.45, 2.75) is 6.92 Å². The fourth-order valence-corrected chi connectivity index (χ4v) is 3.75. The number of carbonyl (C=O) groups excluding carboxylic acids is 1. The summed E-state index contributed by atoms with van der Waals surface area (Å²) < 4.78 is 2.69. The summed E-state index contributed by atoms with van der Waals surface area (Å²) in [6.07, 6.45) is 1.39. The highest BCUT2D eigenvalue weighted by Gasteiger charge is 2.22. The predicted molar refractivity (Wildman–Crippen MR) is 127 cm³/mol. The maximum atomic E-state index is 12.9. The lowest BCUT2D eigenvalue weighted by Crippen LogP contribution is -2.19. The number of hydrogen-bond donors (Lipinski definition) is 2. The van der Waals surface area contributed by atoms with E-state index in [9.17, 15) is 19.7 Å². The van der Waals surface area contributed by atoms with E-state index in [1.807, 2.05) is 0 Å². The molecule has 0 aliphatic carbocycles. The molecular weight excluding hydrogens is 476 g/mol. The van der Waals surface area contributed by atoms with E-state index in [0.29, 0.717) is 16.4 Å². The Balaban J connectivity index is 1.59. The topological polar surface area (TPSA) is 154 Å². The lowest BCUT2D eigenvalue weighted by Gasteiger charge is -2.09. The smallest absolute Gasteiger partial charge is 0.282 e. The molecule has 0 saturated heterocycles. The Morgan fingerprint density at radius 1 is 1.14 bits per heavy atom. The van der Waals surface area contributed by atoms with E-state index in [-0.39, 0.29) is 34.1 Å². The van der Waals surface area contributed by atoms with Crippen LogP contribution in [0.3, 0.4) is 0 Å². The first-order chi connectivity index (χ1) is 16.8. The quantitative estimate of drug-likeness (QED) is 0.282. The lowest BCUT2D eigenvalue weighted by atomic mass is 10.1. The van der Waals surface area contributed by atoms with Crippen molar-refractivity contribution in [3.8, 4) is 11.6 Å². The number of fused-ring (bicyclic) bond motifs is 1. The second-order valence-corrected chi connectivity index (χ2v) is 7.91. The summed E-state index contributed by atoms with van der Waals surface area (Å²) in [5, 5.41) is 23.2. The van der Waals surface area contributed by atoms with Crippen molar-refractivity contribution in [2.24, 2.45) is 0 Å². The van der Waals surface area contributed by atoms with Crippen molar-refractivity contribution in [3.05, 3.63) is 97.5 Å². The normalized spacial score (nSPS) is 11.0. The van der Waals surface area contributed by atoms with Crippen LogP contribution >= 0.6 is 11.6 Å². The minimum absolute atomic E-state index is 0.0113. The molecule has 0 bridgehead atoms. The van der Waals surface area contributed by atoms with Crippen LogP contribution in [0, 0.1) is 17.0 Å². The summed E-state index contributed by atoms with van der Waals surface area (Å²) in [5.74, 6) is -0.551. The van der Waals surface area contributed by atoms with Gasteiger partial charge in [0.2, 0.25) is 5.95 Å². The van der Waals surface area contributed by atoms with Gasteiger partial charge in [-0.05, 0) is 31.2 Å². The van der Waals surface area contributed by atoms with Crippen molar-refractivity contribution < 1.29 is 9.72 Å². The van der Waals surface area contributed by atoms with Gasteiger partial charge in [0.1, 0.15) is 16.8 Å². The number of aromatic nitrogens is 6. The number of aromatic amines is 1. The average molecular weight is 491 g/mol. The number of H-pyrrole nitrogens is 1.